The number of hydrogen-bond donors (Lipinski definition) is 1. The summed E-state index contributed by atoms with van der Waals surface area (Å²) in [5.74, 6) is 0.329. The molecule has 1 N–H and O–H groups in total. The number of halogens is 2. The summed E-state index contributed by atoms with van der Waals surface area (Å²) in [6.07, 6.45) is 0. The van der Waals surface area contributed by atoms with Crippen molar-refractivity contribution >= 4 is 21.6 Å². The highest BCUT2D eigenvalue weighted by Gasteiger charge is 2.36. The van der Waals surface area contributed by atoms with Crippen molar-refractivity contribution in [2.45, 2.75) is 46.7 Å². The van der Waals surface area contributed by atoms with E-state index in [-0.39, 0.29) is 11.2 Å². The van der Waals surface area contributed by atoms with E-state index in [1.165, 1.54) is 0 Å². The molecule has 2 atom stereocenters. The van der Waals surface area contributed by atoms with Crippen LogP contribution in [0.2, 0.25) is 0 Å². The van der Waals surface area contributed by atoms with Gasteiger partial charge in [0, 0.05) is 29.6 Å². The second-order valence-corrected chi connectivity index (χ2v) is 8.30. The van der Waals surface area contributed by atoms with Crippen LogP contribution in [0.1, 0.15) is 34.6 Å². The maximum atomic E-state index is 14.3. The Bertz CT molecular complexity index is 496. The van der Waals surface area contributed by atoms with Crippen molar-refractivity contribution in [3.05, 3.63) is 28.5 Å². The fourth-order valence-corrected chi connectivity index (χ4v) is 3.28. The van der Waals surface area contributed by atoms with Crippen LogP contribution in [0, 0.1) is 17.2 Å². The van der Waals surface area contributed by atoms with E-state index < -0.39 is 0 Å². The van der Waals surface area contributed by atoms with Crippen molar-refractivity contribution in [1.29, 1.82) is 0 Å². The van der Waals surface area contributed by atoms with E-state index in [1.54, 1.807) is 12.1 Å². The Morgan fingerprint density at radius 1 is 1.33 bits per heavy atom. The molecule has 0 spiro atoms. The van der Waals surface area contributed by atoms with Gasteiger partial charge in [-0.1, -0.05) is 50.5 Å². The highest BCUT2D eigenvalue weighted by Crippen LogP contribution is 2.32. The molecule has 0 bridgehead atoms. The number of benzene rings is 1. The van der Waals surface area contributed by atoms with Crippen LogP contribution in [0.25, 0.3) is 0 Å². The predicted octanol–water partition coefficient (Wildman–Crippen LogP) is 4.44. The Hall–Kier alpha value is -0.610. The van der Waals surface area contributed by atoms with Crippen LogP contribution in [0.5, 0.6) is 0 Å². The molecular weight excluding hydrogens is 331 g/mol. The molecule has 4 heteroatoms. The quantitative estimate of drug-likeness (QED) is 0.842. The molecule has 0 amide bonds. The maximum Gasteiger partial charge on any atom is 0.146 e. The molecule has 0 saturated carbocycles. The summed E-state index contributed by atoms with van der Waals surface area (Å²) >= 11 is 3.47. The minimum atomic E-state index is -0.140. The molecule has 1 aromatic rings. The third kappa shape index (κ3) is 3.78. The van der Waals surface area contributed by atoms with Gasteiger partial charge in [-0.3, -0.25) is 0 Å². The SMILES string of the molecule is CC(C)C1CNC(C(C)(C)C)CN1c1cc(Br)ccc1F. The molecule has 2 nitrogen and oxygen atoms in total. The molecule has 0 radical (unpaired) electrons. The maximum absolute atomic E-state index is 14.3. The number of anilines is 1. The molecule has 21 heavy (non-hydrogen) atoms. The van der Waals surface area contributed by atoms with Crippen LogP contribution < -0.4 is 10.2 Å². The predicted molar refractivity (Wildman–Crippen MR) is 91.3 cm³/mol. The number of nitrogens with zero attached hydrogens (tertiary/aromatic N) is 1. The summed E-state index contributed by atoms with van der Waals surface area (Å²) < 4.78 is 15.3. The fraction of sp³-hybridized carbons (Fsp3) is 0.647. The van der Waals surface area contributed by atoms with E-state index in [4.69, 9.17) is 0 Å². The number of piperazine rings is 1. The summed E-state index contributed by atoms with van der Waals surface area (Å²) in [6, 6.07) is 5.87. The van der Waals surface area contributed by atoms with Gasteiger partial charge < -0.3 is 10.2 Å². The number of rotatable bonds is 2. The van der Waals surface area contributed by atoms with Gasteiger partial charge in [-0.2, -0.15) is 0 Å². The van der Waals surface area contributed by atoms with Crippen LogP contribution in [0.4, 0.5) is 10.1 Å². The van der Waals surface area contributed by atoms with Crippen molar-refractivity contribution in [1.82, 2.24) is 5.32 Å². The molecule has 1 heterocycles. The summed E-state index contributed by atoms with van der Waals surface area (Å²) in [7, 11) is 0. The van der Waals surface area contributed by atoms with Crippen LogP contribution >= 0.6 is 15.9 Å². The third-order valence-corrected chi connectivity index (χ3v) is 4.88. The first-order valence-corrected chi connectivity index (χ1v) is 8.44. The van der Waals surface area contributed by atoms with Crippen LogP contribution in [-0.4, -0.2) is 25.2 Å². The molecule has 0 aromatic heterocycles. The van der Waals surface area contributed by atoms with Crippen LogP contribution in [-0.2, 0) is 0 Å². The molecule has 1 aromatic carbocycles. The highest BCUT2D eigenvalue weighted by molar-refractivity contribution is 9.10. The molecule has 2 unspecified atom stereocenters. The lowest BCUT2D eigenvalue weighted by molar-refractivity contribution is 0.220. The normalized spacial score (nSPS) is 23.7. The molecule has 118 valence electrons. The largest absolute Gasteiger partial charge is 0.363 e. The first-order valence-electron chi connectivity index (χ1n) is 7.65. The lowest BCUT2D eigenvalue weighted by Crippen LogP contribution is -2.62. The van der Waals surface area contributed by atoms with Gasteiger partial charge in [-0.25, -0.2) is 4.39 Å². The van der Waals surface area contributed by atoms with Crippen LogP contribution in [0.15, 0.2) is 22.7 Å². The topological polar surface area (TPSA) is 15.3 Å². The molecule has 1 aliphatic heterocycles. The Kier molecular flexibility index (Phi) is 4.99. The smallest absolute Gasteiger partial charge is 0.146 e. The first kappa shape index (κ1) is 16.8. The summed E-state index contributed by atoms with van der Waals surface area (Å²) in [5.41, 5.74) is 0.863. The monoisotopic (exact) mass is 356 g/mol. The third-order valence-electron chi connectivity index (χ3n) is 4.39. The van der Waals surface area contributed by atoms with Gasteiger partial charge in [0.05, 0.1) is 5.69 Å². The zero-order chi connectivity index (χ0) is 15.8. The zero-order valence-corrected chi connectivity index (χ0v) is 15.2. The number of hydrogen-bond acceptors (Lipinski definition) is 2. The van der Waals surface area contributed by atoms with Gasteiger partial charge in [-0.05, 0) is 29.5 Å². The minimum absolute atomic E-state index is 0.140. The van der Waals surface area contributed by atoms with Crippen molar-refractivity contribution in [3.63, 3.8) is 0 Å². The molecule has 0 aliphatic carbocycles. The van der Waals surface area contributed by atoms with Gasteiger partial charge in [-0.15, -0.1) is 0 Å². The fourth-order valence-electron chi connectivity index (χ4n) is 2.93. The van der Waals surface area contributed by atoms with Gasteiger partial charge >= 0.3 is 0 Å². The standard InChI is InChI=1S/C17H26BrFN2/c1-11(2)15-9-20-16(17(3,4)5)10-21(15)14-8-12(18)6-7-13(14)19/h6-8,11,15-16,20H,9-10H2,1-5H3. The average Bonchev–Trinajstić information content (AvgIpc) is 2.39. The Morgan fingerprint density at radius 2 is 2.00 bits per heavy atom. The molecule has 1 fully saturated rings. The van der Waals surface area contributed by atoms with Crippen molar-refractivity contribution < 1.29 is 4.39 Å². The van der Waals surface area contributed by atoms with E-state index in [0.717, 1.165) is 17.6 Å². The van der Waals surface area contributed by atoms with Crippen molar-refractivity contribution in [2.75, 3.05) is 18.0 Å². The first-order chi connectivity index (χ1) is 9.70. The van der Waals surface area contributed by atoms with Gasteiger partial charge in [0.1, 0.15) is 5.82 Å². The molecule has 1 aliphatic rings. The van der Waals surface area contributed by atoms with Gasteiger partial charge in [0.25, 0.3) is 0 Å². The highest BCUT2D eigenvalue weighted by atomic mass is 79.9. The van der Waals surface area contributed by atoms with E-state index in [1.807, 2.05) is 6.07 Å². The van der Waals surface area contributed by atoms with E-state index in [9.17, 15) is 4.39 Å². The summed E-state index contributed by atoms with van der Waals surface area (Å²) in [6.45, 7) is 12.8. The van der Waals surface area contributed by atoms with Crippen molar-refractivity contribution in [3.8, 4) is 0 Å². The van der Waals surface area contributed by atoms with E-state index in [2.05, 4.69) is 60.8 Å². The molecular formula is C17H26BrFN2. The second-order valence-electron chi connectivity index (χ2n) is 7.39. The minimum Gasteiger partial charge on any atom is -0.363 e. The Morgan fingerprint density at radius 3 is 2.57 bits per heavy atom. The lowest BCUT2D eigenvalue weighted by Gasteiger charge is -2.47. The lowest BCUT2D eigenvalue weighted by atomic mass is 9.83. The van der Waals surface area contributed by atoms with Crippen LogP contribution in [0.3, 0.4) is 0 Å². The molecule has 1 saturated heterocycles. The van der Waals surface area contributed by atoms with Gasteiger partial charge in [0.15, 0.2) is 0 Å². The van der Waals surface area contributed by atoms with E-state index in [0.29, 0.717) is 23.7 Å². The van der Waals surface area contributed by atoms with E-state index >= 15 is 0 Å². The number of nitrogens with one attached hydrogen (secondary N) is 1. The Balaban J connectivity index is 2.36. The zero-order valence-electron chi connectivity index (χ0n) is 13.6. The molecule has 2 rings (SSSR count). The van der Waals surface area contributed by atoms with Gasteiger partial charge in [0.2, 0.25) is 0 Å². The second kappa shape index (κ2) is 6.25. The summed E-state index contributed by atoms with van der Waals surface area (Å²) in [5, 5.41) is 3.65. The summed E-state index contributed by atoms with van der Waals surface area (Å²) in [4.78, 5) is 2.25. The van der Waals surface area contributed by atoms with Crippen molar-refractivity contribution in [2.24, 2.45) is 11.3 Å². The average molecular weight is 357 g/mol. The Labute approximate surface area is 136 Å².